The number of hydrogen-bond acceptors (Lipinski definition) is 4. The topological polar surface area (TPSA) is 50.8 Å². The maximum atomic E-state index is 11.4. The number of likely N-dealkylation sites (tertiary alicyclic amines) is 1. The lowest BCUT2D eigenvalue weighted by atomic mass is 9.86. The van der Waals surface area contributed by atoms with Crippen molar-refractivity contribution in [2.24, 2.45) is 0 Å². The Hall–Kier alpha value is -0.650. The Morgan fingerprint density at radius 2 is 2.41 bits per heavy atom. The van der Waals surface area contributed by atoms with Crippen LogP contribution in [0.3, 0.4) is 0 Å². The maximum absolute atomic E-state index is 11.4. The van der Waals surface area contributed by atoms with Gasteiger partial charge in [0, 0.05) is 33.9 Å². The Balaban J connectivity index is 1.95. The van der Waals surface area contributed by atoms with E-state index in [1.54, 1.807) is 14.2 Å². The van der Waals surface area contributed by atoms with E-state index in [4.69, 9.17) is 9.47 Å². The molecule has 1 amide bonds. The van der Waals surface area contributed by atoms with Gasteiger partial charge in [-0.1, -0.05) is 0 Å². The first-order chi connectivity index (χ1) is 8.20. The summed E-state index contributed by atoms with van der Waals surface area (Å²) >= 11 is 0. The molecule has 1 spiro atoms. The Morgan fingerprint density at radius 3 is 3.00 bits per heavy atom. The Labute approximate surface area is 102 Å². The molecule has 0 aromatic rings. The quantitative estimate of drug-likeness (QED) is 0.757. The van der Waals surface area contributed by atoms with Gasteiger partial charge in [-0.3, -0.25) is 9.69 Å². The number of likely N-dealkylation sites (N-methyl/N-ethyl adjacent to an activating group) is 1. The van der Waals surface area contributed by atoms with Crippen molar-refractivity contribution in [2.45, 2.75) is 31.0 Å². The molecule has 2 rings (SSSR count). The smallest absolute Gasteiger partial charge is 0.233 e. The second kappa shape index (κ2) is 5.33. The van der Waals surface area contributed by atoms with Crippen molar-refractivity contribution in [2.75, 3.05) is 40.4 Å². The van der Waals surface area contributed by atoms with Crippen molar-refractivity contribution in [3.05, 3.63) is 0 Å². The predicted octanol–water partition coefficient (Wildman–Crippen LogP) is 0.00230. The number of hydrogen-bond donors (Lipinski definition) is 1. The first kappa shape index (κ1) is 12.8. The lowest BCUT2D eigenvalue weighted by molar-refractivity contribution is -0.146. The van der Waals surface area contributed by atoms with Crippen LogP contribution in [0.25, 0.3) is 0 Å². The Bertz CT molecular complexity index is 277. The van der Waals surface area contributed by atoms with Crippen molar-refractivity contribution in [1.82, 2.24) is 10.2 Å². The van der Waals surface area contributed by atoms with Crippen LogP contribution in [0.2, 0.25) is 0 Å². The van der Waals surface area contributed by atoms with Gasteiger partial charge >= 0.3 is 0 Å². The van der Waals surface area contributed by atoms with Gasteiger partial charge in [0.1, 0.15) is 0 Å². The fourth-order valence-corrected chi connectivity index (χ4v) is 2.89. The summed E-state index contributed by atoms with van der Waals surface area (Å²) in [6.07, 6.45) is 3.25. The Kier molecular flexibility index (Phi) is 4.01. The van der Waals surface area contributed by atoms with Crippen LogP contribution in [0.15, 0.2) is 0 Å². The molecule has 0 aliphatic carbocycles. The van der Waals surface area contributed by atoms with Crippen LogP contribution in [0.4, 0.5) is 0 Å². The van der Waals surface area contributed by atoms with Gasteiger partial charge in [-0.25, -0.2) is 0 Å². The number of methoxy groups -OCH3 is 1. The fraction of sp³-hybridized carbons (Fsp3) is 0.917. The number of amides is 1. The van der Waals surface area contributed by atoms with Crippen LogP contribution >= 0.6 is 0 Å². The van der Waals surface area contributed by atoms with Gasteiger partial charge in [0.15, 0.2) is 0 Å². The van der Waals surface area contributed by atoms with Gasteiger partial charge in [0.25, 0.3) is 0 Å². The zero-order chi connectivity index (χ0) is 12.3. The van der Waals surface area contributed by atoms with Gasteiger partial charge in [-0.2, -0.15) is 0 Å². The van der Waals surface area contributed by atoms with Crippen molar-refractivity contribution in [3.8, 4) is 0 Å². The van der Waals surface area contributed by atoms with E-state index in [0.29, 0.717) is 6.54 Å². The first-order valence-corrected chi connectivity index (χ1v) is 6.30. The molecule has 0 unspecified atom stereocenters. The summed E-state index contributed by atoms with van der Waals surface area (Å²) in [4.78, 5) is 13.5. The second-order valence-electron chi connectivity index (χ2n) is 4.90. The predicted molar refractivity (Wildman–Crippen MR) is 63.8 cm³/mol. The Morgan fingerprint density at radius 1 is 1.59 bits per heavy atom. The third kappa shape index (κ3) is 2.61. The van der Waals surface area contributed by atoms with Gasteiger partial charge < -0.3 is 14.8 Å². The van der Waals surface area contributed by atoms with Crippen LogP contribution in [0, 0.1) is 0 Å². The monoisotopic (exact) mass is 242 g/mol. The molecule has 5 heteroatoms. The van der Waals surface area contributed by atoms with Crippen LogP contribution in [-0.2, 0) is 14.3 Å². The number of nitrogens with zero attached hydrogens (tertiary/aromatic N) is 1. The summed E-state index contributed by atoms with van der Waals surface area (Å²) in [6, 6.07) is 0. The van der Waals surface area contributed by atoms with Gasteiger partial charge in [0.05, 0.1) is 18.2 Å². The van der Waals surface area contributed by atoms with Crippen LogP contribution < -0.4 is 5.32 Å². The summed E-state index contributed by atoms with van der Waals surface area (Å²) in [7, 11) is 3.40. The standard InChI is InChI=1S/C12H22N2O3/c1-13-11(15)9-14-6-5-12(4-3-7-17-12)10(8-14)16-2/h10H,3-9H2,1-2H3,(H,13,15)/t10-,12-/m0/s1. The maximum Gasteiger partial charge on any atom is 0.233 e. The third-order valence-corrected chi connectivity index (χ3v) is 3.93. The number of carbonyl (C=O) groups excluding carboxylic acids is 1. The lowest BCUT2D eigenvalue weighted by Gasteiger charge is -2.44. The number of carbonyl (C=O) groups is 1. The molecular formula is C12H22N2O3. The largest absolute Gasteiger partial charge is 0.377 e. The molecule has 2 atom stereocenters. The van der Waals surface area contributed by atoms with Crippen LogP contribution in [-0.4, -0.2) is 62.9 Å². The van der Waals surface area contributed by atoms with Crippen molar-refractivity contribution >= 4 is 5.91 Å². The minimum Gasteiger partial charge on any atom is -0.377 e. The molecule has 2 heterocycles. The summed E-state index contributed by atoms with van der Waals surface area (Å²) in [5.41, 5.74) is -0.0893. The zero-order valence-corrected chi connectivity index (χ0v) is 10.7. The third-order valence-electron chi connectivity index (χ3n) is 3.93. The molecule has 0 aromatic heterocycles. The molecule has 2 saturated heterocycles. The molecule has 0 bridgehead atoms. The van der Waals surface area contributed by atoms with E-state index in [9.17, 15) is 4.79 Å². The molecule has 5 nitrogen and oxygen atoms in total. The lowest BCUT2D eigenvalue weighted by Crippen LogP contribution is -2.57. The first-order valence-electron chi connectivity index (χ1n) is 6.30. The number of piperidine rings is 1. The molecule has 0 aromatic carbocycles. The molecule has 0 radical (unpaired) electrons. The fourth-order valence-electron chi connectivity index (χ4n) is 2.89. The molecule has 2 fully saturated rings. The molecule has 2 aliphatic rings. The normalized spacial score (nSPS) is 34.1. The number of ether oxygens (including phenoxy) is 2. The van der Waals surface area contributed by atoms with E-state index in [-0.39, 0.29) is 17.6 Å². The molecule has 0 saturated carbocycles. The highest BCUT2D eigenvalue weighted by atomic mass is 16.5. The number of nitrogens with one attached hydrogen (secondary N) is 1. The molecule has 17 heavy (non-hydrogen) atoms. The number of rotatable bonds is 3. The van der Waals surface area contributed by atoms with Crippen LogP contribution in [0.1, 0.15) is 19.3 Å². The minimum atomic E-state index is -0.0893. The van der Waals surface area contributed by atoms with Gasteiger partial charge in [-0.15, -0.1) is 0 Å². The molecule has 2 aliphatic heterocycles. The van der Waals surface area contributed by atoms with Crippen molar-refractivity contribution in [3.63, 3.8) is 0 Å². The second-order valence-corrected chi connectivity index (χ2v) is 4.90. The van der Waals surface area contributed by atoms with E-state index in [1.165, 1.54) is 0 Å². The van der Waals surface area contributed by atoms with E-state index in [0.717, 1.165) is 39.0 Å². The molecule has 1 N–H and O–H groups in total. The highest BCUT2D eigenvalue weighted by Gasteiger charge is 2.46. The highest BCUT2D eigenvalue weighted by Crippen LogP contribution is 2.37. The van der Waals surface area contributed by atoms with Crippen molar-refractivity contribution < 1.29 is 14.3 Å². The minimum absolute atomic E-state index is 0.0585. The molecular weight excluding hydrogens is 220 g/mol. The van der Waals surface area contributed by atoms with E-state index in [2.05, 4.69) is 10.2 Å². The average Bonchev–Trinajstić information content (AvgIpc) is 2.81. The summed E-state index contributed by atoms with van der Waals surface area (Å²) < 4.78 is 11.5. The summed E-state index contributed by atoms with van der Waals surface area (Å²) in [5, 5.41) is 2.65. The van der Waals surface area contributed by atoms with Crippen molar-refractivity contribution in [1.29, 1.82) is 0 Å². The SMILES string of the molecule is CNC(=O)CN1CC[C@@]2(CCCO2)[C@@H](OC)C1. The summed E-state index contributed by atoms with van der Waals surface area (Å²) in [6.45, 7) is 2.99. The molecule has 98 valence electrons. The average molecular weight is 242 g/mol. The van der Waals surface area contributed by atoms with Gasteiger partial charge in [-0.05, 0) is 19.3 Å². The highest BCUT2D eigenvalue weighted by molar-refractivity contribution is 5.77. The van der Waals surface area contributed by atoms with E-state index in [1.807, 2.05) is 0 Å². The van der Waals surface area contributed by atoms with E-state index < -0.39 is 0 Å². The zero-order valence-electron chi connectivity index (χ0n) is 10.7. The van der Waals surface area contributed by atoms with E-state index >= 15 is 0 Å². The van der Waals surface area contributed by atoms with Gasteiger partial charge in [0.2, 0.25) is 5.91 Å². The summed E-state index contributed by atoms with van der Waals surface area (Å²) in [5.74, 6) is 0.0585. The van der Waals surface area contributed by atoms with Crippen LogP contribution in [0.5, 0.6) is 0 Å².